The molecular formula is C17H20BrN3O3. The molecule has 0 saturated carbocycles. The van der Waals surface area contributed by atoms with Crippen LogP contribution in [-0.4, -0.2) is 60.2 Å². The molecule has 2 aliphatic rings. The summed E-state index contributed by atoms with van der Waals surface area (Å²) < 4.78 is 0.953. The molecule has 128 valence electrons. The lowest BCUT2D eigenvalue weighted by atomic mass is 10.1. The first-order valence-electron chi connectivity index (χ1n) is 8.06. The maximum absolute atomic E-state index is 12.7. The number of rotatable bonds is 2. The Hall–Kier alpha value is -1.89. The molecule has 2 aliphatic heterocycles. The summed E-state index contributed by atoms with van der Waals surface area (Å²) in [5.41, 5.74) is 0.819. The molecule has 0 radical (unpaired) electrons. The van der Waals surface area contributed by atoms with Crippen LogP contribution >= 0.6 is 15.9 Å². The highest BCUT2D eigenvalue weighted by atomic mass is 79.9. The normalized spacial score (nSPS) is 21.3. The van der Waals surface area contributed by atoms with Gasteiger partial charge in [0.15, 0.2) is 0 Å². The summed E-state index contributed by atoms with van der Waals surface area (Å²) in [6.45, 7) is 4.19. The topological polar surface area (TPSA) is 60.9 Å². The fraction of sp³-hybridized carbons (Fsp3) is 0.471. The number of carbonyl (C=O) groups excluding carboxylic acids is 3. The van der Waals surface area contributed by atoms with E-state index in [0.717, 1.165) is 10.2 Å². The Kier molecular flexibility index (Phi) is 4.89. The maximum atomic E-state index is 12.7. The van der Waals surface area contributed by atoms with Crippen molar-refractivity contribution in [3.8, 4) is 0 Å². The first kappa shape index (κ1) is 17.0. The standard InChI is InChI=1S/C17H20BrN3O3/c1-12(22)19-6-8-20(9-7-19)17(24)13-10-16(23)21(11-13)15-4-2-14(18)3-5-15/h2-5,13H,6-11H2,1H3. The number of hydrogen-bond acceptors (Lipinski definition) is 3. The van der Waals surface area contributed by atoms with Crippen LogP contribution in [0.25, 0.3) is 0 Å². The summed E-state index contributed by atoms with van der Waals surface area (Å²) in [5.74, 6) is -0.256. The molecule has 2 fully saturated rings. The predicted octanol–water partition coefficient (Wildman–Crippen LogP) is 1.49. The van der Waals surface area contributed by atoms with E-state index >= 15 is 0 Å². The number of anilines is 1. The van der Waals surface area contributed by atoms with Crippen molar-refractivity contribution < 1.29 is 14.4 Å². The molecule has 7 heteroatoms. The third kappa shape index (κ3) is 3.45. The Morgan fingerprint density at radius 3 is 2.21 bits per heavy atom. The van der Waals surface area contributed by atoms with Crippen LogP contribution in [-0.2, 0) is 14.4 Å². The average Bonchev–Trinajstić information content (AvgIpc) is 2.97. The van der Waals surface area contributed by atoms with Crippen LogP contribution in [0.1, 0.15) is 13.3 Å². The Morgan fingerprint density at radius 1 is 1.04 bits per heavy atom. The molecule has 1 aromatic carbocycles. The van der Waals surface area contributed by atoms with Gasteiger partial charge >= 0.3 is 0 Å². The number of piperazine rings is 1. The second kappa shape index (κ2) is 6.93. The summed E-state index contributed by atoms with van der Waals surface area (Å²) in [7, 11) is 0. The van der Waals surface area contributed by atoms with E-state index in [1.807, 2.05) is 24.3 Å². The summed E-state index contributed by atoms with van der Waals surface area (Å²) in [5, 5.41) is 0. The van der Waals surface area contributed by atoms with E-state index in [0.29, 0.717) is 32.7 Å². The highest BCUT2D eigenvalue weighted by Crippen LogP contribution is 2.27. The van der Waals surface area contributed by atoms with Crippen molar-refractivity contribution in [2.24, 2.45) is 5.92 Å². The fourth-order valence-corrected chi connectivity index (χ4v) is 3.51. The van der Waals surface area contributed by atoms with Gasteiger partial charge in [0, 0.05) is 56.2 Å². The van der Waals surface area contributed by atoms with Crippen LogP contribution in [0.3, 0.4) is 0 Å². The zero-order chi connectivity index (χ0) is 17.3. The number of hydrogen-bond donors (Lipinski definition) is 0. The number of carbonyl (C=O) groups is 3. The van der Waals surface area contributed by atoms with Gasteiger partial charge in [-0.3, -0.25) is 14.4 Å². The lowest BCUT2D eigenvalue weighted by Crippen LogP contribution is -2.51. The Labute approximate surface area is 149 Å². The van der Waals surface area contributed by atoms with E-state index in [1.54, 1.807) is 21.6 Å². The van der Waals surface area contributed by atoms with Crippen molar-refractivity contribution in [1.82, 2.24) is 9.80 Å². The van der Waals surface area contributed by atoms with Gasteiger partial charge in [-0.15, -0.1) is 0 Å². The number of amides is 3. The van der Waals surface area contributed by atoms with E-state index in [-0.39, 0.29) is 30.1 Å². The quantitative estimate of drug-likeness (QED) is 0.764. The van der Waals surface area contributed by atoms with Gasteiger partial charge in [0.2, 0.25) is 17.7 Å². The molecule has 1 atom stereocenters. The van der Waals surface area contributed by atoms with E-state index in [1.165, 1.54) is 0 Å². The van der Waals surface area contributed by atoms with Crippen molar-refractivity contribution in [3.63, 3.8) is 0 Å². The lowest BCUT2D eigenvalue weighted by Gasteiger charge is -2.35. The summed E-state index contributed by atoms with van der Waals surface area (Å²) in [6, 6.07) is 7.53. The van der Waals surface area contributed by atoms with Crippen LogP contribution in [0, 0.1) is 5.92 Å². The third-order valence-electron chi connectivity index (χ3n) is 4.65. The molecule has 0 bridgehead atoms. The number of nitrogens with zero attached hydrogens (tertiary/aromatic N) is 3. The lowest BCUT2D eigenvalue weighted by molar-refractivity contribution is -0.141. The van der Waals surface area contributed by atoms with E-state index in [9.17, 15) is 14.4 Å². The average molecular weight is 394 g/mol. The molecule has 1 aromatic rings. The molecule has 24 heavy (non-hydrogen) atoms. The highest BCUT2D eigenvalue weighted by molar-refractivity contribution is 9.10. The largest absolute Gasteiger partial charge is 0.339 e. The molecule has 3 rings (SSSR count). The molecule has 2 heterocycles. The summed E-state index contributed by atoms with van der Waals surface area (Å²) in [6.07, 6.45) is 0.252. The minimum atomic E-state index is -0.301. The molecule has 0 N–H and O–H groups in total. The van der Waals surface area contributed by atoms with Crippen LogP contribution < -0.4 is 4.90 Å². The smallest absolute Gasteiger partial charge is 0.228 e. The Balaban J connectivity index is 1.62. The maximum Gasteiger partial charge on any atom is 0.228 e. The number of benzene rings is 1. The molecule has 2 saturated heterocycles. The van der Waals surface area contributed by atoms with Crippen molar-refractivity contribution in [2.45, 2.75) is 13.3 Å². The van der Waals surface area contributed by atoms with Crippen molar-refractivity contribution in [3.05, 3.63) is 28.7 Å². The van der Waals surface area contributed by atoms with Crippen LogP contribution in [0.15, 0.2) is 28.7 Å². The predicted molar refractivity (Wildman–Crippen MR) is 93.4 cm³/mol. The van der Waals surface area contributed by atoms with Gasteiger partial charge in [-0.1, -0.05) is 15.9 Å². The zero-order valence-electron chi connectivity index (χ0n) is 13.6. The first-order valence-corrected chi connectivity index (χ1v) is 8.85. The molecule has 1 unspecified atom stereocenters. The van der Waals surface area contributed by atoms with Crippen LogP contribution in [0.2, 0.25) is 0 Å². The van der Waals surface area contributed by atoms with Gasteiger partial charge < -0.3 is 14.7 Å². The molecule has 0 aromatic heterocycles. The highest BCUT2D eigenvalue weighted by Gasteiger charge is 2.38. The molecule has 6 nitrogen and oxygen atoms in total. The minimum absolute atomic E-state index is 0.0157. The minimum Gasteiger partial charge on any atom is -0.339 e. The van der Waals surface area contributed by atoms with Gasteiger partial charge in [-0.05, 0) is 24.3 Å². The first-order chi connectivity index (χ1) is 11.5. The Morgan fingerprint density at radius 2 is 1.62 bits per heavy atom. The SMILES string of the molecule is CC(=O)N1CCN(C(=O)C2CC(=O)N(c3ccc(Br)cc3)C2)CC1. The fourth-order valence-electron chi connectivity index (χ4n) is 3.24. The molecule has 3 amide bonds. The second-order valence-electron chi connectivity index (χ2n) is 6.21. The van der Waals surface area contributed by atoms with Gasteiger partial charge in [-0.25, -0.2) is 0 Å². The molecule has 0 spiro atoms. The van der Waals surface area contributed by atoms with E-state index < -0.39 is 0 Å². The van der Waals surface area contributed by atoms with Crippen molar-refractivity contribution in [1.29, 1.82) is 0 Å². The second-order valence-corrected chi connectivity index (χ2v) is 7.13. The number of halogens is 1. The zero-order valence-corrected chi connectivity index (χ0v) is 15.2. The monoisotopic (exact) mass is 393 g/mol. The third-order valence-corrected chi connectivity index (χ3v) is 5.18. The molecule has 0 aliphatic carbocycles. The van der Waals surface area contributed by atoms with E-state index in [2.05, 4.69) is 15.9 Å². The van der Waals surface area contributed by atoms with Crippen molar-refractivity contribution >= 4 is 39.3 Å². The molecular weight excluding hydrogens is 374 g/mol. The van der Waals surface area contributed by atoms with Gasteiger partial charge in [0.05, 0.1) is 5.92 Å². The van der Waals surface area contributed by atoms with E-state index in [4.69, 9.17) is 0 Å². The van der Waals surface area contributed by atoms with Gasteiger partial charge in [0.1, 0.15) is 0 Å². The summed E-state index contributed by atoms with van der Waals surface area (Å²) >= 11 is 3.38. The Bertz CT molecular complexity index is 654. The van der Waals surface area contributed by atoms with Gasteiger partial charge in [-0.2, -0.15) is 0 Å². The summed E-state index contributed by atoms with van der Waals surface area (Å²) in [4.78, 5) is 41.6. The van der Waals surface area contributed by atoms with Gasteiger partial charge in [0.25, 0.3) is 0 Å². The van der Waals surface area contributed by atoms with Crippen LogP contribution in [0.4, 0.5) is 5.69 Å². The van der Waals surface area contributed by atoms with Crippen LogP contribution in [0.5, 0.6) is 0 Å². The van der Waals surface area contributed by atoms with Crippen molar-refractivity contribution in [2.75, 3.05) is 37.6 Å².